The molecule has 0 unspecified atom stereocenters. The molecule has 0 saturated heterocycles. The third-order valence-electron chi connectivity index (χ3n) is 2.63. The fourth-order valence-electron chi connectivity index (χ4n) is 1.55. The van der Waals surface area contributed by atoms with Crippen LogP contribution >= 0.6 is 11.3 Å². The number of fused-ring (bicyclic) bond motifs is 1. The fraction of sp³-hybridized carbons (Fsp3) is 0.250. The van der Waals surface area contributed by atoms with Crippen LogP contribution in [0.2, 0.25) is 0 Å². The normalized spacial score (nSPS) is 12.3. The first-order valence-corrected chi connectivity index (χ1v) is 6.42. The summed E-state index contributed by atoms with van der Waals surface area (Å²) in [7, 11) is 0. The summed E-state index contributed by atoms with van der Waals surface area (Å²) in [5, 5.41) is 11.1. The maximum absolute atomic E-state index is 11.9. The summed E-state index contributed by atoms with van der Waals surface area (Å²) < 4.78 is 0.954. The van der Waals surface area contributed by atoms with Crippen LogP contribution in [0.4, 0.5) is 0 Å². The zero-order chi connectivity index (χ0) is 14.0. The van der Waals surface area contributed by atoms with Crippen LogP contribution < -0.4 is 11.1 Å². The second-order valence-corrected chi connectivity index (χ2v) is 5.16. The van der Waals surface area contributed by atoms with Crippen molar-refractivity contribution in [3.63, 3.8) is 0 Å². The van der Waals surface area contributed by atoms with Crippen molar-refractivity contribution < 1.29 is 14.7 Å². The summed E-state index contributed by atoms with van der Waals surface area (Å²) >= 11 is 1.33. The zero-order valence-corrected chi connectivity index (χ0v) is 11.0. The summed E-state index contributed by atoms with van der Waals surface area (Å²) in [6.45, 7) is 1.84. The van der Waals surface area contributed by atoms with Gasteiger partial charge in [0.05, 0.1) is 15.1 Å². The number of amides is 1. The molecule has 2 aromatic heterocycles. The Bertz CT molecular complexity index is 638. The Kier molecular flexibility index (Phi) is 3.77. The Labute approximate surface area is 113 Å². The number of carboxylic acids is 1. The monoisotopic (exact) mass is 279 g/mol. The number of thiophene rings is 1. The lowest BCUT2D eigenvalue weighted by molar-refractivity contribution is -0.138. The van der Waals surface area contributed by atoms with Crippen molar-refractivity contribution >= 4 is 33.4 Å². The molecule has 2 heterocycles. The van der Waals surface area contributed by atoms with Crippen LogP contribution in [0.5, 0.6) is 0 Å². The van der Waals surface area contributed by atoms with E-state index in [0.717, 1.165) is 15.8 Å². The van der Waals surface area contributed by atoms with E-state index in [1.807, 2.05) is 13.0 Å². The third-order valence-corrected chi connectivity index (χ3v) is 3.89. The number of carboxylic acid groups (broad SMARTS) is 1. The van der Waals surface area contributed by atoms with Gasteiger partial charge in [0.1, 0.15) is 6.04 Å². The zero-order valence-electron chi connectivity index (χ0n) is 10.2. The molecule has 0 aliphatic rings. The van der Waals surface area contributed by atoms with Gasteiger partial charge in [-0.3, -0.25) is 14.6 Å². The maximum Gasteiger partial charge on any atom is 0.322 e. The predicted molar refractivity (Wildman–Crippen MR) is 72.3 cm³/mol. The number of rotatable bonds is 4. The second kappa shape index (κ2) is 5.33. The lowest BCUT2D eigenvalue weighted by Gasteiger charge is -2.06. The molecule has 0 spiro atoms. The second-order valence-electron chi connectivity index (χ2n) is 4.11. The lowest BCUT2D eigenvalue weighted by atomic mass is 10.2. The Morgan fingerprint density at radius 3 is 2.95 bits per heavy atom. The van der Waals surface area contributed by atoms with E-state index in [2.05, 4.69) is 10.3 Å². The Hall–Kier alpha value is -1.99. The molecule has 2 aromatic rings. The molecule has 0 bridgehead atoms. The smallest absolute Gasteiger partial charge is 0.322 e. The molecule has 19 heavy (non-hydrogen) atoms. The number of carbonyl (C=O) groups excluding carboxylic acids is 1. The molecule has 4 N–H and O–H groups in total. The summed E-state index contributed by atoms with van der Waals surface area (Å²) in [6, 6.07) is 2.47. The van der Waals surface area contributed by atoms with Crippen molar-refractivity contribution in [1.29, 1.82) is 0 Å². The summed E-state index contributed by atoms with van der Waals surface area (Å²) in [5.74, 6) is -1.48. The van der Waals surface area contributed by atoms with E-state index in [-0.39, 0.29) is 12.5 Å². The summed E-state index contributed by atoms with van der Waals surface area (Å²) in [6.07, 6.45) is 1.69. The summed E-state index contributed by atoms with van der Waals surface area (Å²) in [4.78, 5) is 27.1. The summed E-state index contributed by atoms with van der Waals surface area (Å²) in [5.41, 5.74) is 7.13. The van der Waals surface area contributed by atoms with E-state index in [0.29, 0.717) is 4.88 Å². The van der Waals surface area contributed by atoms with Crippen LogP contribution in [0.25, 0.3) is 10.2 Å². The van der Waals surface area contributed by atoms with Crippen LogP contribution in [-0.2, 0) is 4.79 Å². The van der Waals surface area contributed by atoms with Gasteiger partial charge < -0.3 is 16.2 Å². The minimum Gasteiger partial charge on any atom is -0.480 e. The van der Waals surface area contributed by atoms with E-state index in [4.69, 9.17) is 10.8 Å². The molecule has 100 valence electrons. The number of pyridine rings is 1. The van der Waals surface area contributed by atoms with Crippen LogP contribution in [0.15, 0.2) is 18.3 Å². The van der Waals surface area contributed by atoms with Gasteiger partial charge in [0.2, 0.25) is 0 Å². The van der Waals surface area contributed by atoms with Gasteiger partial charge in [-0.15, -0.1) is 11.3 Å². The van der Waals surface area contributed by atoms with Gasteiger partial charge >= 0.3 is 5.97 Å². The van der Waals surface area contributed by atoms with Crippen LogP contribution in [0.3, 0.4) is 0 Å². The van der Waals surface area contributed by atoms with Gasteiger partial charge in [-0.1, -0.05) is 0 Å². The van der Waals surface area contributed by atoms with Gasteiger partial charge in [-0.25, -0.2) is 0 Å². The van der Waals surface area contributed by atoms with E-state index in [9.17, 15) is 9.59 Å². The highest BCUT2D eigenvalue weighted by Crippen LogP contribution is 2.26. The average Bonchev–Trinajstić information content (AvgIpc) is 2.80. The highest BCUT2D eigenvalue weighted by Gasteiger charge is 2.15. The van der Waals surface area contributed by atoms with Gasteiger partial charge in [0.25, 0.3) is 5.91 Å². The molecule has 0 saturated carbocycles. The molecule has 2 rings (SSSR count). The lowest BCUT2D eigenvalue weighted by Crippen LogP contribution is -2.42. The third kappa shape index (κ3) is 2.88. The number of hydrogen-bond acceptors (Lipinski definition) is 5. The van der Waals surface area contributed by atoms with Gasteiger partial charge in [0, 0.05) is 12.7 Å². The highest BCUT2D eigenvalue weighted by molar-refractivity contribution is 7.20. The van der Waals surface area contributed by atoms with E-state index < -0.39 is 12.0 Å². The minimum atomic E-state index is -1.14. The SMILES string of the molecule is Cc1ccnc2cc(C(=O)NC[C@@H](N)C(=O)O)sc12. The molecule has 0 aromatic carbocycles. The van der Waals surface area contributed by atoms with E-state index >= 15 is 0 Å². The molecular weight excluding hydrogens is 266 g/mol. The number of hydrogen-bond donors (Lipinski definition) is 3. The molecule has 0 aliphatic heterocycles. The van der Waals surface area contributed by atoms with Gasteiger partial charge in [0.15, 0.2) is 0 Å². The molecule has 7 heteroatoms. The topological polar surface area (TPSA) is 105 Å². The number of aliphatic carboxylic acids is 1. The van der Waals surface area contributed by atoms with Crippen LogP contribution in [0, 0.1) is 6.92 Å². The molecule has 1 atom stereocenters. The number of nitrogens with one attached hydrogen (secondary N) is 1. The maximum atomic E-state index is 11.9. The van der Waals surface area contributed by atoms with E-state index in [1.165, 1.54) is 11.3 Å². The minimum absolute atomic E-state index is 0.102. The molecular formula is C12H13N3O3S. The quantitative estimate of drug-likeness (QED) is 0.765. The molecule has 6 nitrogen and oxygen atoms in total. The Balaban J connectivity index is 2.14. The van der Waals surface area contributed by atoms with Crippen molar-refractivity contribution in [3.8, 4) is 0 Å². The van der Waals surface area contributed by atoms with Crippen LogP contribution in [0.1, 0.15) is 15.2 Å². The number of nitrogens with zero attached hydrogens (tertiary/aromatic N) is 1. The van der Waals surface area contributed by atoms with Crippen molar-refractivity contribution in [3.05, 3.63) is 28.8 Å². The molecule has 0 aliphatic carbocycles. The van der Waals surface area contributed by atoms with Crippen LogP contribution in [-0.4, -0.2) is 34.6 Å². The van der Waals surface area contributed by atoms with Gasteiger partial charge in [-0.2, -0.15) is 0 Å². The number of carbonyl (C=O) groups is 2. The average molecular weight is 279 g/mol. The number of aromatic nitrogens is 1. The van der Waals surface area contributed by atoms with Crippen molar-refractivity contribution in [2.45, 2.75) is 13.0 Å². The van der Waals surface area contributed by atoms with Crippen molar-refractivity contribution in [2.75, 3.05) is 6.54 Å². The number of aryl methyl sites for hydroxylation is 1. The highest BCUT2D eigenvalue weighted by atomic mass is 32.1. The fourth-order valence-corrected chi connectivity index (χ4v) is 2.55. The Morgan fingerprint density at radius 2 is 2.32 bits per heavy atom. The van der Waals surface area contributed by atoms with E-state index in [1.54, 1.807) is 12.3 Å². The molecule has 0 fully saturated rings. The molecule has 1 amide bonds. The van der Waals surface area contributed by atoms with Crippen molar-refractivity contribution in [2.24, 2.45) is 5.73 Å². The Morgan fingerprint density at radius 1 is 1.58 bits per heavy atom. The largest absolute Gasteiger partial charge is 0.480 e. The standard InChI is InChI=1S/C12H13N3O3S/c1-6-2-3-14-8-4-9(19-10(6)8)11(16)15-5-7(13)12(17)18/h2-4,7H,5,13H2,1H3,(H,15,16)(H,17,18)/t7-/m1/s1. The van der Waals surface area contributed by atoms with Gasteiger partial charge in [-0.05, 0) is 24.6 Å². The predicted octanol–water partition coefficient (Wildman–Crippen LogP) is 0.746. The first kappa shape index (κ1) is 13.4. The number of nitrogens with two attached hydrogens (primary N) is 1. The first-order chi connectivity index (χ1) is 8.99. The first-order valence-electron chi connectivity index (χ1n) is 5.61. The van der Waals surface area contributed by atoms with Crippen molar-refractivity contribution in [1.82, 2.24) is 10.3 Å². The molecule has 0 radical (unpaired) electrons.